The molecule has 2 aromatic heterocycles. The molecule has 9 heteroatoms. The molecule has 41 heavy (non-hydrogen) atoms. The van der Waals surface area contributed by atoms with Gasteiger partial charge in [-0.05, 0) is 62.4 Å². The summed E-state index contributed by atoms with van der Waals surface area (Å²) >= 11 is 0. The number of imidazole rings is 1. The fourth-order valence-corrected chi connectivity index (χ4v) is 5.74. The molecule has 1 amide bonds. The molecule has 208 valence electrons. The summed E-state index contributed by atoms with van der Waals surface area (Å²) in [4.78, 5) is 51.7. The molecule has 0 aliphatic carbocycles. The number of carboxylic acids is 1. The summed E-state index contributed by atoms with van der Waals surface area (Å²) in [5, 5.41) is 9.01. The Hall–Kier alpha value is -4.79. The number of carboxylic acid groups (broad SMARTS) is 1. The molecule has 0 radical (unpaired) electrons. The lowest BCUT2D eigenvalue weighted by Gasteiger charge is -2.32. The first kappa shape index (κ1) is 26.4. The van der Waals surface area contributed by atoms with E-state index in [0.717, 1.165) is 28.0 Å². The molecule has 1 aliphatic heterocycles. The summed E-state index contributed by atoms with van der Waals surface area (Å²) < 4.78 is 1.82. The third-order valence-corrected chi connectivity index (χ3v) is 7.83. The Kier molecular flexibility index (Phi) is 7.33. The molecule has 2 N–H and O–H groups in total. The highest BCUT2D eigenvalue weighted by atomic mass is 16.4. The molecule has 9 nitrogen and oxygen atoms in total. The number of piperidine rings is 1. The summed E-state index contributed by atoms with van der Waals surface area (Å²) in [6, 6.07) is 23.0. The Balaban J connectivity index is 1.22. The van der Waals surface area contributed by atoms with Crippen molar-refractivity contribution in [2.24, 2.45) is 0 Å². The number of nitrogens with one attached hydrogen (secondary N) is 1. The average molecular weight is 550 g/mol. The first-order valence-electron chi connectivity index (χ1n) is 14.0. The zero-order valence-corrected chi connectivity index (χ0v) is 22.6. The average Bonchev–Trinajstić information content (AvgIpc) is 3.34. The van der Waals surface area contributed by atoms with Crippen LogP contribution in [0, 0.1) is 0 Å². The van der Waals surface area contributed by atoms with E-state index in [-0.39, 0.29) is 24.1 Å². The van der Waals surface area contributed by atoms with Gasteiger partial charge in [0, 0.05) is 36.7 Å². The van der Waals surface area contributed by atoms with E-state index < -0.39 is 5.97 Å². The van der Waals surface area contributed by atoms with E-state index in [0.29, 0.717) is 61.8 Å². The van der Waals surface area contributed by atoms with Crippen molar-refractivity contribution in [3.63, 3.8) is 0 Å². The summed E-state index contributed by atoms with van der Waals surface area (Å²) in [6.45, 7) is 1.11. The van der Waals surface area contributed by atoms with E-state index in [1.807, 2.05) is 70.1 Å². The number of unbranched alkanes of at least 4 members (excludes halogenated alkanes) is 1. The van der Waals surface area contributed by atoms with Gasteiger partial charge in [0.2, 0.25) is 0 Å². The van der Waals surface area contributed by atoms with Crippen molar-refractivity contribution in [1.82, 2.24) is 24.4 Å². The zero-order valence-electron chi connectivity index (χ0n) is 22.6. The number of aryl methyl sites for hydroxylation is 1. The van der Waals surface area contributed by atoms with Crippen molar-refractivity contribution in [3.8, 4) is 11.3 Å². The molecule has 0 atom stereocenters. The summed E-state index contributed by atoms with van der Waals surface area (Å²) in [5.41, 5.74) is 6.03. The van der Waals surface area contributed by atoms with Gasteiger partial charge in [-0.25, -0.2) is 14.8 Å². The van der Waals surface area contributed by atoms with Crippen LogP contribution in [0.3, 0.4) is 0 Å². The number of carbonyl (C=O) groups excluding carboxylic acids is 1. The molecule has 0 saturated carbocycles. The maximum absolute atomic E-state index is 13.5. The van der Waals surface area contributed by atoms with Crippen LogP contribution in [-0.4, -0.2) is 54.5 Å². The number of rotatable bonds is 8. The first-order chi connectivity index (χ1) is 20.0. The van der Waals surface area contributed by atoms with Gasteiger partial charge in [0.25, 0.3) is 5.91 Å². The fourth-order valence-electron chi connectivity index (χ4n) is 5.74. The van der Waals surface area contributed by atoms with Crippen LogP contribution in [0.25, 0.3) is 33.3 Å². The zero-order chi connectivity index (χ0) is 28.3. The van der Waals surface area contributed by atoms with Crippen molar-refractivity contribution in [1.29, 1.82) is 0 Å². The monoisotopic (exact) mass is 549 g/mol. The van der Waals surface area contributed by atoms with Gasteiger partial charge in [-0.3, -0.25) is 14.2 Å². The van der Waals surface area contributed by atoms with Gasteiger partial charge in [0.1, 0.15) is 0 Å². The molecule has 0 bridgehead atoms. The summed E-state index contributed by atoms with van der Waals surface area (Å²) in [7, 11) is 0. The van der Waals surface area contributed by atoms with Crippen LogP contribution < -0.4 is 5.69 Å². The number of nitrogens with zero attached hydrogens (tertiary/aromatic N) is 4. The van der Waals surface area contributed by atoms with Gasteiger partial charge in [0.05, 0.1) is 33.5 Å². The summed E-state index contributed by atoms with van der Waals surface area (Å²) in [6.07, 6.45) is 3.34. The van der Waals surface area contributed by atoms with Crippen LogP contribution >= 0.6 is 0 Å². The number of benzene rings is 3. The van der Waals surface area contributed by atoms with Crippen LogP contribution in [0.5, 0.6) is 0 Å². The Bertz CT molecular complexity index is 1790. The lowest BCUT2D eigenvalue weighted by molar-refractivity contribution is -0.137. The molecular weight excluding hydrogens is 518 g/mol. The molecule has 3 aromatic carbocycles. The number of hydrogen-bond donors (Lipinski definition) is 2. The lowest BCUT2D eigenvalue weighted by Crippen LogP contribution is -2.40. The van der Waals surface area contributed by atoms with E-state index in [2.05, 4.69) is 4.98 Å². The van der Waals surface area contributed by atoms with Crippen molar-refractivity contribution in [3.05, 3.63) is 94.5 Å². The molecule has 0 unspecified atom stereocenters. The molecule has 1 fully saturated rings. The minimum Gasteiger partial charge on any atom is -0.481 e. The van der Waals surface area contributed by atoms with Crippen LogP contribution in [0.2, 0.25) is 0 Å². The second-order valence-corrected chi connectivity index (χ2v) is 10.5. The quantitative estimate of drug-likeness (QED) is 0.256. The van der Waals surface area contributed by atoms with Crippen LogP contribution in [-0.2, 0) is 11.2 Å². The van der Waals surface area contributed by atoms with Crippen LogP contribution in [0.15, 0.2) is 77.6 Å². The second-order valence-electron chi connectivity index (χ2n) is 10.5. The van der Waals surface area contributed by atoms with Crippen LogP contribution in [0.4, 0.5) is 0 Å². The van der Waals surface area contributed by atoms with Crippen LogP contribution in [0.1, 0.15) is 54.2 Å². The first-order valence-corrected chi connectivity index (χ1v) is 14.0. The smallest absolute Gasteiger partial charge is 0.326 e. The number of aromatic nitrogens is 4. The molecule has 1 aliphatic rings. The van der Waals surface area contributed by atoms with Crippen molar-refractivity contribution in [2.75, 3.05) is 13.1 Å². The van der Waals surface area contributed by atoms with E-state index in [1.54, 1.807) is 12.1 Å². The maximum atomic E-state index is 13.5. The normalized spacial score (nSPS) is 14.1. The fraction of sp³-hybridized carbons (Fsp3) is 0.281. The van der Waals surface area contributed by atoms with Gasteiger partial charge in [-0.1, -0.05) is 42.5 Å². The minimum atomic E-state index is -0.807. The number of aromatic amines is 1. The van der Waals surface area contributed by atoms with E-state index >= 15 is 0 Å². The number of aliphatic carboxylic acids is 1. The van der Waals surface area contributed by atoms with E-state index in [4.69, 9.17) is 15.1 Å². The van der Waals surface area contributed by atoms with Gasteiger partial charge in [-0.2, -0.15) is 0 Å². The maximum Gasteiger partial charge on any atom is 0.326 e. The number of fused-ring (bicyclic) bond motifs is 2. The number of para-hydroxylation sites is 2. The second kappa shape index (κ2) is 11.4. The predicted octanol–water partition coefficient (Wildman–Crippen LogP) is 5.21. The predicted molar refractivity (Wildman–Crippen MR) is 157 cm³/mol. The molecule has 1 saturated heterocycles. The SMILES string of the molecule is O=C(O)CCCCc1nc2cc(C(=O)N3CCC(n4c(=O)[nH]c5ccccc54)CC3)ccc2nc1-c1ccccc1. The lowest BCUT2D eigenvalue weighted by atomic mass is 10.0. The minimum absolute atomic E-state index is 0.0327. The van der Waals surface area contributed by atoms with Crippen molar-refractivity contribution in [2.45, 2.75) is 44.6 Å². The Labute approximate surface area is 236 Å². The van der Waals surface area contributed by atoms with Gasteiger partial charge in [-0.15, -0.1) is 0 Å². The molecule has 5 aromatic rings. The van der Waals surface area contributed by atoms with E-state index in [9.17, 15) is 14.4 Å². The largest absolute Gasteiger partial charge is 0.481 e. The van der Waals surface area contributed by atoms with Crippen molar-refractivity contribution >= 4 is 33.9 Å². The number of hydrogen-bond acceptors (Lipinski definition) is 5. The van der Waals surface area contributed by atoms with Gasteiger partial charge in [0.15, 0.2) is 0 Å². The highest BCUT2D eigenvalue weighted by Crippen LogP contribution is 2.28. The van der Waals surface area contributed by atoms with E-state index in [1.165, 1.54) is 0 Å². The molecule has 0 spiro atoms. The number of carbonyl (C=O) groups is 2. The highest BCUT2D eigenvalue weighted by Gasteiger charge is 2.27. The van der Waals surface area contributed by atoms with Crippen molar-refractivity contribution < 1.29 is 14.7 Å². The third-order valence-electron chi connectivity index (χ3n) is 7.83. The van der Waals surface area contributed by atoms with Gasteiger partial charge >= 0.3 is 11.7 Å². The highest BCUT2D eigenvalue weighted by molar-refractivity contribution is 5.97. The Morgan fingerprint density at radius 3 is 2.44 bits per heavy atom. The topological polar surface area (TPSA) is 121 Å². The number of amides is 1. The van der Waals surface area contributed by atoms with Gasteiger partial charge < -0.3 is 15.0 Å². The molecule has 6 rings (SSSR count). The molecule has 3 heterocycles. The Morgan fingerprint density at radius 2 is 1.66 bits per heavy atom. The number of H-pyrrole nitrogens is 1. The molecular formula is C32H31N5O4. The Morgan fingerprint density at radius 1 is 0.902 bits per heavy atom. The standard InChI is InChI=1S/C32H31N5O4/c38-29(39)13-7-5-11-26-30(21-8-2-1-3-9-21)34-24-15-14-22(20-27(24)33-26)31(40)36-18-16-23(17-19-36)37-28-12-6-4-10-25(28)35-32(37)41/h1-4,6,8-10,12,14-15,20,23H,5,7,11,13,16-19H2,(H,35,41)(H,38,39). The number of likely N-dealkylation sites (tertiary alicyclic amines) is 1. The third kappa shape index (κ3) is 5.48. The summed E-state index contributed by atoms with van der Waals surface area (Å²) in [5.74, 6) is -0.868.